The first-order valence-corrected chi connectivity index (χ1v) is 11.4. The number of amides is 2. The maximum absolute atomic E-state index is 13.6. The molecule has 1 aliphatic carbocycles. The molecule has 2 unspecified atom stereocenters. The third-order valence-corrected chi connectivity index (χ3v) is 6.96. The molecule has 1 aromatic rings. The minimum atomic E-state index is -0.875. The van der Waals surface area contributed by atoms with E-state index in [0.29, 0.717) is 13.0 Å². The van der Waals surface area contributed by atoms with Gasteiger partial charge in [-0.05, 0) is 44.2 Å². The fraction of sp³-hybridized carbons (Fsp3) is 0.667. The number of carbonyl (C=O) groups excluding carboxylic acids is 2. The summed E-state index contributed by atoms with van der Waals surface area (Å²) in [6, 6.07) is 7.94. The Hall–Kier alpha value is -1.88. The van der Waals surface area contributed by atoms with Crippen molar-refractivity contribution < 1.29 is 14.3 Å². The van der Waals surface area contributed by atoms with E-state index in [2.05, 4.69) is 5.32 Å². The number of nitrogens with one attached hydrogen (secondary N) is 1. The Balaban J connectivity index is 1.57. The van der Waals surface area contributed by atoms with Gasteiger partial charge in [-0.15, -0.1) is 0 Å². The largest absolute Gasteiger partial charge is 0.376 e. The Kier molecular flexibility index (Phi) is 6.23. The summed E-state index contributed by atoms with van der Waals surface area (Å²) in [5.74, 6) is -0.0541. The Morgan fingerprint density at radius 2 is 1.83 bits per heavy atom. The van der Waals surface area contributed by atoms with Crippen LogP contribution in [0.2, 0.25) is 0 Å². The molecule has 0 aromatic heterocycles. The SMILES string of the molecule is CC1(C(=O)NC2CCCCCCC2)Cc2ccccc2C(=O)N1CC1CCCO1. The molecule has 29 heavy (non-hydrogen) atoms. The summed E-state index contributed by atoms with van der Waals surface area (Å²) in [6.07, 6.45) is 10.8. The predicted octanol–water partition coefficient (Wildman–Crippen LogP) is 3.85. The molecule has 5 nitrogen and oxygen atoms in total. The number of hydrogen-bond acceptors (Lipinski definition) is 3. The van der Waals surface area contributed by atoms with Crippen molar-refractivity contribution in [3.05, 3.63) is 35.4 Å². The van der Waals surface area contributed by atoms with E-state index in [1.54, 1.807) is 4.90 Å². The van der Waals surface area contributed by atoms with Crippen LogP contribution in [0.5, 0.6) is 0 Å². The van der Waals surface area contributed by atoms with E-state index in [1.807, 2.05) is 31.2 Å². The zero-order valence-corrected chi connectivity index (χ0v) is 17.6. The maximum Gasteiger partial charge on any atom is 0.255 e. The van der Waals surface area contributed by atoms with Crippen molar-refractivity contribution in [1.29, 1.82) is 0 Å². The molecule has 0 radical (unpaired) electrons. The second-order valence-electron chi connectivity index (χ2n) is 9.17. The number of carbonyl (C=O) groups is 2. The Morgan fingerprint density at radius 3 is 2.55 bits per heavy atom. The second kappa shape index (κ2) is 8.86. The van der Waals surface area contributed by atoms with Crippen LogP contribution >= 0.6 is 0 Å². The first-order chi connectivity index (χ1) is 14.1. The zero-order chi connectivity index (χ0) is 20.3. The molecule has 0 bridgehead atoms. The molecule has 2 fully saturated rings. The van der Waals surface area contributed by atoms with Crippen molar-refractivity contribution in [2.45, 2.75) is 88.8 Å². The molecule has 5 heteroatoms. The van der Waals surface area contributed by atoms with E-state index in [1.165, 1.54) is 32.1 Å². The lowest BCUT2D eigenvalue weighted by atomic mass is 9.82. The van der Waals surface area contributed by atoms with Gasteiger partial charge in [0.05, 0.1) is 6.10 Å². The molecule has 1 N–H and O–H groups in total. The highest BCUT2D eigenvalue weighted by molar-refractivity contribution is 6.02. The summed E-state index contributed by atoms with van der Waals surface area (Å²) < 4.78 is 5.82. The smallest absolute Gasteiger partial charge is 0.255 e. The molecule has 2 amide bonds. The highest BCUT2D eigenvalue weighted by Crippen LogP contribution is 2.33. The first-order valence-electron chi connectivity index (χ1n) is 11.4. The summed E-state index contributed by atoms with van der Waals surface area (Å²) in [4.78, 5) is 28.8. The van der Waals surface area contributed by atoms with Gasteiger partial charge in [-0.25, -0.2) is 0 Å². The maximum atomic E-state index is 13.6. The van der Waals surface area contributed by atoms with Crippen LogP contribution in [0.1, 0.15) is 80.6 Å². The fourth-order valence-electron chi connectivity index (χ4n) is 5.14. The van der Waals surface area contributed by atoms with Gasteiger partial charge in [-0.1, -0.05) is 50.3 Å². The van der Waals surface area contributed by atoms with E-state index >= 15 is 0 Å². The van der Waals surface area contributed by atoms with Crippen molar-refractivity contribution >= 4 is 11.8 Å². The molecule has 2 aliphatic heterocycles. The first kappa shape index (κ1) is 20.4. The Bertz CT molecular complexity index is 735. The number of rotatable bonds is 4. The van der Waals surface area contributed by atoms with E-state index < -0.39 is 5.54 Å². The summed E-state index contributed by atoms with van der Waals surface area (Å²) in [6.45, 7) is 3.17. The van der Waals surface area contributed by atoms with Gasteiger partial charge in [0.25, 0.3) is 5.91 Å². The highest BCUT2D eigenvalue weighted by atomic mass is 16.5. The van der Waals surface area contributed by atoms with Crippen LogP contribution in [0.4, 0.5) is 0 Å². The molecule has 2 heterocycles. The lowest BCUT2D eigenvalue weighted by molar-refractivity contribution is -0.133. The molecule has 1 aromatic carbocycles. The average molecular weight is 399 g/mol. The van der Waals surface area contributed by atoms with E-state index in [-0.39, 0.29) is 24.0 Å². The standard InChI is InChI=1S/C24H34N2O3/c1-24(23(28)25-19-11-5-3-2-4-6-12-19)16-18-10-7-8-14-21(18)22(27)26(24)17-20-13-9-15-29-20/h7-8,10,14,19-20H,2-6,9,11-13,15-17H2,1H3,(H,25,28). The van der Waals surface area contributed by atoms with Crippen LogP contribution in [0, 0.1) is 0 Å². The van der Waals surface area contributed by atoms with Crippen LogP contribution in [0.15, 0.2) is 24.3 Å². The van der Waals surface area contributed by atoms with Gasteiger partial charge in [0.15, 0.2) is 0 Å². The lowest BCUT2D eigenvalue weighted by Gasteiger charge is -2.45. The molecule has 1 saturated carbocycles. The van der Waals surface area contributed by atoms with Gasteiger partial charge >= 0.3 is 0 Å². The Morgan fingerprint density at radius 1 is 1.10 bits per heavy atom. The van der Waals surface area contributed by atoms with Gasteiger partial charge in [0.1, 0.15) is 5.54 Å². The summed E-state index contributed by atoms with van der Waals surface area (Å²) in [5.41, 5.74) is 0.817. The quantitative estimate of drug-likeness (QED) is 0.838. The molecule has 0 spiro atoms. The summed E-state index contributed by atoms with van der Waals surface area (Å²) in [5, 5.41) is 3.33. The molecular formula is C24H34N2O3. The number of nitrogens with zero attached hydrogens (tertiary/aromatic N) is 1. The molecule has 4 rings (SSSR count). The molecule has 1 saturated heterocycles. The second-order valence-corrected chi connectivity index (χ2v) is 9.17. The van der Waals surface area contributed by atoms with E-state index in [9.17, 15) is 9.59 Å². The number of ether oxygens (including phenoxy) is 1. The van der Waals surface area contributed by atoms with Crippen LogP contribution < -0.4 is 5.32 Å². The van der Waals surface area contributed by atoms with Crippen molar-refractivity contribution in [1.82, 2.24) is 10.2 Å². The number of benzene rings is 1. The van der Waals surface area contributed by atoms with E-state index in [0.717, 1.165) is 43.4 Å². The fourth-order valence-corrected chi connectivity index (χ4v) is 5.14. The van der Waals surface area contributed by atoms with Gasteiger partial charge in [0.2, 0.25) is 5.91 Å². The summed E-state index contributed by atoms with van der Waals surface area (Å²) in [7, 11) is 0. The van der Waals surface area contributed by atoms with Gasteiger partial charge in [-0.2, -0.15) is 0 Å². The molecule has 158 valence electrons. The van der Waals surface area contributed by atoms with Gasteiger partial charge in [-0.3, -0.25) is 9.59 Å². The highest BCUT2D eigenvalue weighted by Gasteiger charge is 2.48. The monoisotopic (exact) mass is 398 g/mol. The predicted molar refractivity (Wildman–Crippen MR) is 113 cm³/mol. The summed E-state index contributed by atoms with van der Waals surface area (Å²) >= 11 is 0. The van der Waals surface area contributed by atoms with Crippen LogP contribution in [-0.4, -0.2) is 47.6 Å². The normalized spacial score (nSPS) is 28.5. The Labute approximate surface area is 174 Å². The van der Waals surface area contributed by atoms with Crippen LogP contribution in [0.3, 0.4) is 0 Å². The van der Waals surface area contributed by atoms with Gasteiger partial charge < -0.3 is 15.0 Å². The van der Waals surface area contributed by atoms with Crippen molar-refractivity contribution in [3.63, 3.8) is 0 Å². The minimum Gasteiger partial charge on any atom is -0.376 e. The van der Waals surface area contributed by atoms with Crippen molar-refractivity contribution in [2.75, 3.05) is 13.2 Å². The minimum absolute atomic E-state index is 0.0103. The topological polar surface area (TPSA) is 58.6 Å². The van der Waals surface area contributed by atoms with Crippen molar-refractivity contribution in [3.8, 4) is 0 Å². The van der Waals surface area contributed by atoms with E-state index in [4.69, 9.17) is 4.74 Å². The van der Waals surface area contributed by atoms with Gasteiger partial charge in [0, 0.05) is 31.2 Å². The third kappa shape index (κ3) is 4.35. The van der Waals surface area contributed by atoms with Crippen LogP contribution in [-0.2, 0) is 16.0 Å². The van der Waals surface area contributed by atoms with Crippen LogP contribution in [0.25, 0.3) is 0 Å². The molecule has 3 aliphatic rings. The number of hydrogen-bond donors (Lipinski definition) is 1. The average Bonchev–Trinajstić information content (AvgIpc) is 3.20. The molecule has 2 atom stereocenters. The van der Waals surface area contributed by atoms with Crippen molar-refractivity contribution in [2.24, 2.45) is 0 Å². The molecular weight excluding hydrogens is 364 g/mol. The zero-order valence-electron chi connectivity index (χ0n) is 17.6. The number of fused-ring (bicyclic) bond motifs is 1. The third-order valence-electron chi connectivity index (χ3n) is 6.96. The lowest BCUT2D eigenvalue weighted by Crippen LogP contribution is -2.64.